The second-order valence-corrected chi connectivity index (χ2v) is 5.61. The topological polar surface area (TPSA) is 24.4 Å². The Morgan fingerprint density at radius 2 is 1.65 bits per heavy atom. The van der Waals surface area contributed by atoms with Crippen molar-refractivity contribution in [2.24, 2.45) is 4.99 Å². The molecule has 2 heteroatoms. The van der Waals surface area contributed by atoms with E-state index in [1.54, 1.807) is 0 Å². The fourth-order valence-corrected chi connectivity index (χ4v) is 2.15. The number of anilines is 1. The molecular weight excluding hydrogens is 280 g/mol. The van der Waals surface area contributed by atoms with Crippen molar-refractivity contribution in [2.45, 2.75) is 26.2 Å². The number of hydrogen-bond acceptors (Lipinski definition) is 2. The Labute approximate surface area is 139 Å². The summed E-state index contributed by atoms with van der Waals surface area (Å²) in [4.78, 5) is 4.43. The van der Waals surface area contributed by atoms with Crippen molar-refractivity contribution in [3.8, 4) is 0 Å². The van der Waals surface area contributed by atoms with Gasteiger partial charge in [0.2, 0.25) is 0 Å². The summed E-state index contributed by atoms with van der Waals surface area (Å²) in [5, 5.41) is 3.32. The van der Waals surface area contributed by atoms with E-state index in [1.807, 2.05) is 54.7 Å². The summed E-state index contributed by atoms with van der Waals surface area (Å²) in [6, 6.07) is 20.2. The van der Waals surface area contributed by atoms with Crippen molar-refractivity contribution in [3.63, 3.8) is 0 Å². The Hall–Kier alpha value is -2.61. The lowest BCUT2D eigenvalue weighted by Crippen LogP contribution is -1.91. The van der Waals surface area contributed by atoms with Crippen LogP contribution >= 0.6 is 0 Å². The van der Waals surface area contributed by atoms with E-state index in [4.69, 9.17) is 0 Å². The highest BCUT2D eigenvalue weighted by Crippen LogP contribution is 2.13. The standard InChI is InChI=1S/C21H24N2/c1-18(16-22-20-12-5-3-6-13-20)10-9-11-19(2)17-23-21-14-7-4-8-15-21/h3-8,12-17,23H,1,9-11H2,2H3/b19-17-,22-16+. The lowest BCUT2D eigenvalue weighted by molar-refractivity contribution is 0.822. The van der Waals surface area contributed by atoms with E-state index in [9.17, 15) is 0 Å². The monoisotopic (exact) mass is 304 g/mol. The minimum absolute atomic E-state index is 0.965. The third-order valence-corrected chi connectivity index (χ3v) is 3.48. The highest BCUT2D eigenvalue weighted by molar-refractivity contribution is 5.80. The van der Waals surface area contributed by atoms with Crippen LogP contribution in [0.1, 0.15) is 26.2 Å². The predicted molar refractivity (Wildman–Crippen MR) is 101 cm³/mol. The third-order valence-electron chi connectivity index (χ3n) is 3.48. The molecule has 0 radical (unpaired) electrons. The summed E-state index contributed by atoms with van der Waals surface area (Å²) in [5.41, 5.74) is 4.49. The average molecular weight is 304 g/mol. The first-order valence-corrected chi connectivity index (χ1v) is 7.98. The zero-order chi connectivity index (χ0) is 16.3. The van der Waals surface area contributed by atoms with E-state index in [1.165, 1.54) is 5.57 Å². The Bertz CT molecular complexity index is 653. The highest BCUT2D eigenvalue weighted by atomic mass is 14.8. The summed E-state index contributed by atoms with van der Waals surface area (Å²) in [7, 11) is 0. The molecule has 0 bridgehead atoms. The molecule has 0 aliphatic rings. The molecule has 2 aromatic rings. The van der Waals surface area contributed by atoms with Gasteiger partial charge in [0.25, 0.3) is 0 Å². The van der Waals surface area contributed by atoms with Crippen molar-refractivity contribution < 1.29 is 0 Å². The van der Waals surface area contributed by atoms with E-state index in [-0.39, 0.29) is 0 Å². The largest absolute Gasteiger partial charge is 0.362 e. The van der Waals surface area contributed by atoms with Crippen LogP contribution in [0.3, 0.4) is 0 Å². The minimum atomic E-state index is 0.965. The van der Waals surface area contributed by atoms with Gasteiger partial charge in [-0.15, -0.1) is 0 Å². The Kier molecular flexibility index (Phi) is 6.86. The second-order valence-electron chi connectivity index (χ2n) is 5.61. The molecule has 2 nitrogen and oxygen atoms in total. The van der Waals surface area contributed by atoms with Crippen molar-refractivity contribution >= 4 is 17.6 Å². The van der Waals surface area contributed by atoms with Gasteiger partial charge in [0, 0.05) is 11.9 Å². The van der Waals surface area contributed by atoms with Crippen LogP contribution in [0.25, 0.3) is 0 Å². The summed E-state index contributed by atoms with van der Waals surface area (Å²) in [6.07, 6.45) is 7.05. The number of para-hydroxylation sites is 2. The Morgan fingerprint density at radius 1 is 1.00 bits per heavy atom. The number of benzene rings is 2. The number of hydrogen-bond donors (Lipinski definition) is 1. The first-order chi connectivity index (χ1) is 11.2. The van der Waals surface area contributed by atoms with Crippen LogP contribution in [-0.2, 0) is 0 Å². The van der Waals surface area contributed by atoms with Crippen LogP contribution in [0.4, 0.5) is 11.4 Å². The molecule has 0 saturated carbocycles. The average Bonchev–Trinajstić information content (AvgIpc) is 2.60. The number of nitrogens with zero attached hydrogens (tertiary/aromatic N) is 1. The van der Waals surface area contributed by atoms with Crippen molar-refractivity contribution in [1.29, 1.82) is 0 Å². The molecule has 0 aliphatic carbocycles. The third kappa shape index (κ3) is 6.79. The van der Waals surface area contributed by atoms with Gasteiger partial charge < -0.3 is 5.32 Å². The molecule has 0 fully saturated rings. The molecule has 2 rings (SSSR count). The molecule has 0 spiro atoms. The van der Waals surface area contributed by atoms with Crippen LogP contribution in [0.2, 0.25) is 0 Å². The summed E-state index contributed by atoms with van der Waals surface area (Å²) in [6.45, 7) is 6.23. The molecule has 0 aliphatic heterocycles. The maximum Gasteiger partial charge on any atom is 0.0629 e. The fourth-order valence-electron chi connectivity index (χ4n) is 2.15. The van der Waals surface area contributed by atoms with Crippen LogP contribution in [-0.4, -0.2) is 6.21 Å². The Balaban J connectivity index is 1.69. The number of allylic oxidation sites excluding steroid dienone is 2. The molecule has 1 N–H and O–H groups in total. The van der Waals surface area contributed by atoms with Crippen molar-refractivity contribution in [1.82, 2.24) is 0 Å². The van der Waals surface area contributed by atoms with Crippen LogP contribution in [0.5, 0.6) is 0 Å². The van der Waals surface area contributed by atoms with Gasteiger partial charge in [0.15, 0.2) is 0 Å². The molecular formula is C21H24N2. The van der Waals surface area contributed by atoms with E-state index < -0.39 is 0 Å². The zero-order valence-corrected chi connectivity index (χ0v) is 13.7. The summed E-state index contributed by atoms with van der Waals surface area (Å²) in [5.74, 6) is 0. The van der Waals surface area contributed by atoms with Gasteiger partial charge in [-0.2, -0.15) is 0 Å². The van der Waals surface area contributed by atoms with E-state index in [2.05, 4.69) is 42.1 Å². The lowest BCUT2D eigenvalue weighted by atomic mass is 10.1. The van der Waals surface area contributed by atoms with Gasteiger partial charge in [-0.3, -0.25) is 4.99 Å². The van der Waals surface area contributed by atoms with Crippen molar-refractivity contribution in [2.75, 3.05) is 5.32 Å². The number of aliphatic imine (C=N–C) groups is 1. The van der Waals surface area contributed by atoms with Gasteiger partial charge in [-0.1, -0.05) is 48.6 Å². The predicted octanol–water partition coefficient (Wildman–Crippen LogP) is 6.13. The molecule has 118 valence electrons. The summed E-state index contributed by atoms with van der Waals surface area (Å²) < 4.78 is 0. The quantitative estimate of drug-likeness (QED) is 0.583. The van der Waals surface area contributed by atoms with E-state index in [0.717, 1.165) is 36.2 Å². The van der Waals surface area contributed by atoms with Crippen LogP contribution < -0.4 is 5.32 Å². The summed E-state index contributed by atoms with van der Waals surface area (Å²) >= 11 is 0. The van der Waals surface area contributed by atoms with Crippen molar-refractivity contribution in [3.05, 3.63) is 84.6 Å². The van der Waals surface area contributed by atoms with Crippen LogP contribution in [0, 0.1) is 0 Å². The maximum atomic E-state index is 4.43. The smallest absolute Gasteiger partial charge is 0.0629 e. The van der Waals surface area contributed by atoms with Gasteiger partial charge >= 0.3 is 0 Å². The molecule has 2 aromatic carbocycles. The minimum Gasteiger partial charge on any atom is -0.362 e. The maximum absolute atomic E-state index is 4.43. The SMILES string of the molecule is C=C(/C=N/c1ccccc1)CCC/C(C)=C\Nc1ccccc1. The first-order valence-electron chi connectivity index (χ1n) is 7.98. The van der Waals surface area contributed by atoms with Crippen LogP contribution in [0.15, 0.2) is 89.6 Å². The molecule has 0 amide bonds. The molecule has 0 aromatic heterocycles. The molecule has 23 heavy (non-hydrogen) atoms. The molecule has 0 atom stereocenters. The first kappa shape index (κ1) is 16.8. The fraction of sp³-hybridized carbons (Fsp3) is 0.190. The van der Waals surface area contributed by atoms with Gasteiger partial charge in [0.05, 0.1) is 5.69 Å². The molecule has 0 unspecified atom stereocenters. The van der Waals surface area contributed by atoms with E-state index in [0.29, 0.717) is 0 Å². The number of nitrogens with one attached hydrogen (secondary N) is 1. The normalized spacial score (nSPS) is 11.6. The number of rotatable bonds is 8. The molecule has 0 heterocycles. The second kappa shape index (κ2) is 9.42. The van der Waals surface area contributed by atoms with E-state index >= 15 is 0 Å². The molecule has 0 saturated heterocycles. The van der Waals surface area contributed by atoms with Gasteiger partial charge in [-0.25, -0.2) is 0 Å². The Morgan fingerprint density at radius 3 is 2.35 bits per heavy atom. The zero-order valence-electron chi connectivity index (χ0n) is 13.7. The lowest BCUT2D eigenvalue weighted by Gasteiger charge is -2.04. The van der Waals surface area contributed by atoms with Gasteiger partial charge in [-0.05, 0) is 62.2 Å². The van der Waals surface area contributed by atoms with Gasteiger partial charge in [0.1, 0.15) is 0 Å². The highest BCUT2D eigenvalue weighted by Gasteiger charge is 1.95.